The molecule has 3 heterocycles. The van der Waals surface area contributed by atoms with Crippen molar-refractivity contribution < 1.29 is 22.7 Å². The molecular weight excluding hydrogens is 441 g/mol. The molecule has 0 bridgehead atoms. The number of ether oxygens (including phenoxy) is 1. The highest BCUT2D eigenvalue weighted by molar-refractivity contribution is 6.28. The number of fused-ring (bicyclic) bond motifs is 1. The van der Waals surface area contributed by atoms with Crippen molar-refractivity contribution in [1.82, 2.24) is 24.4 Å². The number of anilines is 1. The molecule has 1 saturated heterocycles. The van der Waals surface area contributed by atoms with Crippen molar-refractivity contribution in [1.29, 1.82) is 0 Å². The number of aromatic nitrogens is 4. The van der Waals surface area contributed by atoms with Crippen molar-refractivity contribution in [2.24, 2.45) is 0 Å². The summed E-state index contributed by atoms with van der Waals surface area (Å²) in [6.45, 7) is 5.51. The zero-order valence-electron chi connectivity index (χ0n) is 16.8. The molecule has 13 heteroatoms. The van der Waals surface area contributed by atoms with E-state index in [0.717, 1.165) is 4.57 Å². The zero-order chi connectivity index (χ0) is 22.8. The number of nitrogens with zero attached hydrogens (tertiary/aromatic N) is 5. The van der Waals surface area contributed by atoms with E-state index in [1.54, 1.807) is 6.92 Å². The van der Waals surface area contributed by atoms with Gasteiger partial charge in [0.1, 0.15) is 5.52 Å². The summed E-state index contributed by atoms with van der Waals surface area (Å²) in [5.74, 6) is 3.41. The van der Waals surface area contributed by atoms with Gasteiger partial charge in [-0.3, -0.25) is 4.57 Å². The molecule has 168 valence electrons. The molecule has 1 aliphatic heterocycles. The van der Waals surface area contributed by atoms with Crippen molar-refractivity contribution in [3.05, 3.63) is 15.8 Å². The minimum atomic E-state index is -5.21. The molecule has 0 aromatic carbocycles. The van der Waals surface area contributed by atoms with Crippen LogP contribution in [0, 0.1) is 11.8 Å². The number of carbonyl (C=O) groups excluding carboxylic acids is 1. The molecule has 1 unspecified atom stereocenters. The topological polar surface area (TPSA) is 94.3 Å². The van der Waals surface area contributed by atoms with Gasteiger partial charge in [-0.2, -0.15) is 23.1 Å². The van der Waals surface area contributed by atoms with Crippen LogP contribution in [0.15, 0.2) is 4.79 Å². The van der Waals surface area contributed by atoms with Crippen LogP contribution in [-0.4, -0.2) is 57.4 Å². The monoisotopic (exact) mass is 460 g/mol. The van der Waals surface area contributed by atoms with E-state index in [9.17, 15) is 22.8 Å². The Labute approximate surface area is 180 Å². The lowest BCUT2D eigenvalue weighted by atomic mass is 10.3. The smallest absolute Gasteiger partial charge is 0.434 e. The highest BCUT2D eigenvalue weighted by atomic mass is 35.5. The summed E-state index contributed by atoms with van der Waals surface area (Å²) in [6.07, 6.45) is -6.85. The van der Waals surface area contributed by atoms with Gasteiger partial charge in [-0.05, 0) is 18.5 Å². The van der Waals surface area contributed by atoms with Gasteiger partial charge < -0.3 is 15.0 Å². The average Bonchev–Trinajstić information content (AvgIpc) is 3.00. The Bertz CT molecular complexity index is 1100. The molecule has 2 aromatic rings. The van der Waals surface area contributed by atoms with Gasteiger partial charge >= 0.3 is 17.8 Å². The van der Waals surface area contributed by atoms with Gasteiger partial charge in [0, 0.05) is 32.6 Å². The Kier molecular flexibility index (Phi) is 6.76. The quantitative estimate of drug-likeness (QED) is 0.412. The van der Waals surface area contributed by atoms with Crippen LogP contribution in [-0.2, 0) is 16.1 Å². The number of esters is 1. The van der Waals surface area contributed by atoms with Gasteiger partial charge in [-0.15, -0.1) is 5.92 Å². The minimum absolute atomic E-state index is 0.0294. The van der Waals surface area contributed by atoms with Crippen molar-refractivity contribution in [2.45, 2.75) is 39.2 Å². The third kappa shape index (κ3) is 4.62. The zero-order valence-corrected chi connectivity index (χ0v) is 17.5. The molecule has 1 atom stereocenters. The number of hydrogen-bond acceptors (Lipinski definition) is 7. The van der Waals surface area contributed by atoms with Crippen LogP contribution in [0.4, 0.5) is 19.0 Å². The third-order valence-electron chi connectivity index (χ3n) is 4.70. The predicted octanol–water partition coefficient (Wildman–Crippen LogP) is 1.69. The van der Waals surface area contributed by atoms with Crippen LogP contribution < -0.4 is 15.9 Å². The maximum absolute atomic E-state index is 13.2. The fraction of sp³-hybridized carbons (Fsp3) is 0.556. The van der Waals surface area contributed by atoms with Gasteiger partial charge in [-0.25, -0.2) is 14.2 Å². The second kappa shape index (κ2) is 9.15. The standard InChI is InChI=1S/C18H20ClF3N6O3/c1-3-5-8-27-12-13(26-9-6-23-7-10-26)24-16(19)25-14(12)28(17(27)30)11(4-2)31-15(29)18(20,21)22/h11,23H,4,6-10H2,1-2H3. The van der Waals surface area contributed by atoms with Gasteiger partial charge in [0.15, 0.2) is 17.7 Å². The fourth-order valence-corrected chi connectivity index (χ4v) is 3.46. The van der Waals surface area contributed by atoms with Crippen LogP contribution >= 0.6 is 11.6 Å². The normalized spacial score (nSPS) is 15.5. The molecule has 0 radical (unpaired) electrons. The van der Waals surface area contributed by atoms with Crippen LogP contribution in [0.25, 0.3) is 11.2 Å². The lowest BCUT2D eigenvalue weighted by molar-refractivity contribution is -0.209. The third-order valence-corrected chi connectivity index (χ3v) is 4.87. The number of imidazole rings is 1. The van der Waals surface area contributed by atoms with E-state index in [-0.39, 0.29) is 29.4 Å². The molecule has 1 N–H and O–H groups in total. The van der Waals surface area contributed by atoms with Gasteiger partial charge in [0.05, 0.1) is 6.54 Å². The number of hydrogen-bond donors (Lipinski definition) is 1. The second-order valence-electron chi connectivity index (χ2n) is 6.66. The van der Waals surface area contributed by atoms with Crippen LogP contribution in [0.3, 0.4) is 0 Å². The molecule has 1 fully saturated rings. The molecule has 2 aromatic heterocycles. The first-order chi connectivity index (χ1) is 14.7. The van der Waals surface area contributed by atoms with Crippen molar-refractivity contribution in [3.63, 3.8) is 0 Å². The van der Waals surface area contributed by atoms with Gasteiger partial charge in [0.25, 0.3) is 0 Å². The molecule has 0 saturated carbocycles. The summed E-state index contributed by atoms with van der Waals surface area (Å²) >= 11 is 6.10. The number of piperazine rings is 1. The first kappa shape index (κ1) is 22.9. The molecule has 31 heavy (non-hydrogen) atoms. The van der Waals surface area contributed by atoms with Crippen molar-refractivity contribution in [3.8, 4) is 11.8 Å². The number of halogens is 4. The van der Waals surface area contributed by atoms with E-state index in [4.69, 9.17) is 11.6 Å². The van der Waals surface area contributed by atoms with E-state index < -0.39 is 24.1 Å². The molecular formula is C18H20ClF3N6O3. The highest BCUT2D eigenvalue weighted by Gasteiger charge is 2.43. The first-order valence-corrected chi connectivity index (χ1v) is 9.88. The summed E-state index contributed by atoms with van der Waals surface area (Å²) in [5.41, 5.74) is -0.494. The van der Waals surface area contributed by atoms with Crippen LogP contribution in [0.1, 0.15) is 26.5 Å². The molecule has 1 aliphatic rings. The molecule has 0 aliphatic carbocycles. The lowest BCUT2D eigenvalue weighted by Gasteiger charge is -2.29. The van der Waals surface area contributed by atoms with Gasteiger partial charge in [0.2, 0.25) is 5.28 Å². The Morgan fingerprint density at radius 2 is 2.00 bits per heavy atom. The van der Waals surface area contributed by atoms with Gasteiger partial charge in [-0.1, -0.05) is 12.8 Å². The van der Waals surface area contributed by atoms with Crippen molar-refractivity contribution in [2.75, 3.05) is 31.1 Å². The summed E-state index contributed by atoms with van der Waals surface area (Å²) in [6, 6.07) is 0. The fourth-order valence-electron chi connectivity index (χ4n) is 3.30. The molecule has 0 spiro atoms. The molecule has 3 rings (SSSR count). The SMILES string of the molecule is CC#CCn1c(=O)n(C(CC)OC(=O)C(F)(F)F)c2nc(Cl)nc(N3CCNCC3)c21. The Balaban J connectivity index is 2.25. The minimum Gasteiger partial charge on any atom is -0.434 e. The summed E-state index contributed by atoms with van der Waals surface area (Å²) in [5, 5.41) is 3.01. The Morgan fingerprint density at radius 1 is 1.32 bits per heavy atom. The number of carbonyl (C=O) groups is 1. The van der Waals surface area contributed by atoms with E-state index in [1.165, 1.54) is 11.5 Å². The second-order valence-corrected chi connectivity index (χ2v) is 7.00. The van der Waals surface area contributed by atoms with E-state index in [1.807, 2.05) is 4.90 Å². The summed E-state index contributed by atoms with van der Waals surface area (Å²) in [4.78, 5) is 34.9. The first-order valence-electron chi connectivity index (χ1n) is 9.50. The summed E-state index contributed by atoms with van der Waals surface area (Å²) in [7, 11) is 0. The van der Waals surface area contributed by atoms with E-state index >= 15 is 0 Å². The Hall–Kier alpha value is -2.78. The largest absolute Gasteiger partial charge is 0.491 e. The average molecular weight is 461 g/mol. The maximum atomic E-state index is 13.2. The lowest BCUT2D eigenvalue weighted by Crippen LogP contribution is -2.44. The summed E-state index contributed by atoms with van der Waals surface area (Å²) < 4.78 is 45.1. The maximum Gasteiger partial charge on any atom is 0.491 e. The molecule has 0 amide bonds. The number of rotatable bonds is 5. The highest BCUT2D eigenvalue weighted by Crippen LogP contribution is 2.29. The number of alkyl halides is 3. The van der Waals surface area contributed by atoms with Crippen molar-refractivity contribution >= 4 is 34.6 Å². The molecule has 9 nitrogen and oxygen atoms in total. The van der Waals surface area contributed by atoms with Crippen LogP contribution in [0.5, 0.6) is 0 Å². The predicted molar refractivity (Wildman–Crippen MR) is 107 cm³/mol. The number of nitrogens with one attached hydrogen (secondary N) is 1. The van der Waals surface area contributed by atoms with Crippen LogP contribution in [0.2, 0.25) is 5.28 Å². The Morgan fingerprint density at radius 3 is 2.58 bits per heavy atom. The van der Waals surface area contributed by atoms with E-state index in [0.29, 0.717) is 32.0 Å². The van der Waals surface area contributed by atoms with E-state index in [2.05, 4.69) is 31.9 Å².